The second-order valence-electron chi connectivity index (χ2n) is 4.31. The van der Waals surface area contributed by atoms with Crippen molar-refractivity contribution < 1.29 is 32.6 Å². The number of carbonyl (C=O) groups is 2. The first kappa shape index (κ1) is 16.3. The minimum atomic E-state index is -3.22. The Kier molecular flexibility index (Phi) is 4.53. The number of alkyl halides is 2. The number of ether oxygens (including phenoxy) is 1. The van der Waals surface area contributed by atoms with E-state index in [-0.39, 0.29) is 16.9 Å². The molecule has 0 spiro atoms. The first-order valence-electron chi connectivity index (χ1n) is 6.10. The lowest BCUT2D eigenvalue weighted by Gasteiger charge is -2.12. The van der Waals surface area contributed by atoms with Crippen LogP contribution in [0.25, 0.3) is 0 Å². The second-order valence-corrected chi connectivity index (χ2v) is 4.31. The zero-order valence-corrected chi connectivity index (χ0v) is 11.6. The Morgan fingerprint density at radius 2 is 2.09 bits per heavy atom. The van der Waals surface area contributed by atoms with Gasteiger partial charge < -0.3 is 15.2 Å². The van der Waals surface area contributed by atoms with Crippen molar-refractivity contribution in [3.05, 3.63) is 41.5 Å². The van der Waals surface area contributed by atoms with Crippen LogP contribution in [-0.4, -0.2) is 33.4 Å². The molecule has 0 unspecified atom stereocenters. The molecule has 0 fully saturated rings. The summed E-state index contributed by atoms with van der Waals surface area (Å²) < 4.78 is 42.9. The van der Waals surface area contributed by atoms with Crippen molar-refractivity contribution >= 4 is 17.6 Å². The van der Waals surface area contributed by atoms with Crippen molar-refractivity contribution in [1.82, 2.24) is 9.78 Å². The predicted octanol–water partition coefficient (Wildman–Crippen LogP) is 2.11. The number of anilines is 1. The number of hydrogen-bond donors (Lipinski definition) is 2. The molecule has 2 N–H and O–H groups in total. The molecule has 0 bridgehead atoms. The fraction of sp³-hybridized carbons (Fsp3) is 0.154. The molecule has 10 heteroatoms. The Hall–Kier alpha value is -3.04. The highest BCUT2D eigenvalue weighted by Crippen LogP contribution is 2.27. The Labute approximate surface area is 127 Å². The number of halogens is 3. The maximum absolute atomic E-state index is 13.1. The summed E-state index contributed by atoms with van der Waals surface area (Å²) in [5.41, 5.74) is -0.914. The molecule has 1 aromatic heterocycles. The second kappa shape index (κ2) is 6.38. The van der Waals surface area contributed by atoms with Crippen molar-refractivity contribution in [2.24, 2.45) is 7.05 Å². The summed E-state index contributed by atoms with van der Waals surface area (Å²) in [6.45, 7) is -3.22. The van der Waals surface area contributed by atoms with Gasteiger partial charge in [0.15, 0.2) is 5.75 Å². The van der Waals surface area contributed by atoms with Crippen molar-refractivity contribution in [2.75, 3.05) is 5.32 Å². The zero-order valence-electron chi connectivity index (χ0n) is 11.6. The van der Waals surface area contributed by atoms with Gasteiger partial charge in [-0.3, -0.25) is 9.48 Å². The molecule has 7 nitrogen and oxygen atoms in total. The molecule has 2 rings (SSSR count). The van der Waals surface area contributed by atoms with Crippen LogP contribution in [0.15, 0.2) is 24.4 Å². The largest absolute Gasteiger partial charge is 0.478 e. The van der Waals surface area contributed by atoms with Gasteiger partial charge in [-0.15, -0.1) is 0 Å². The van der Waals surface area contributed by atoms with Crippen molar-refractivity contribution in [3.63, 3.8) is 0 Å². The van der Waals surface area contributed by atoms with Gasteiger partial charge in [-0.2, -0.15) is 13.9 Å². The van der Waals surface area contributed by atoms with Gasteiger partial charge in [-0.1, -0.05) is 0 Å². The molecule has 23 heavy (non-hydrogen) atoms. The summed E-state index contributed by atoms with van der Waals surface area (Å²) in [6.07, 6.45) is 0.971. The number of nitrogens with zero attached hydrogens (tertiary/aromatic N) is 2. The van der Waals surface area contributed by atoms with E-state index in [1.807, 2.05) is 0 Å². The lowest BCUT2D eigenvalue weighted by atomic mass is 10.2. The first-order chi connectivity index (χ1) is 10.8. The lowest BCUT2D eigenvalue weighted by Crippen LogP contribution is -2.20. The van der Waals surface area contributed by atoms with Gasteiger partial charge in [-0.25, -0.2) is 9.18 Å². The highest BCUT2D eigenvalue weighted by molar-refractivity contribution is 6.09. The molecule has 0 aliphatic heterocycles. The average molecular weight is 329 g/mol. The number of carboxylic acid groups (broad SMARTS) is 1. The summed E-state index contributed by atoms with van der Waals surface area (Å²) >= 11 is 0. The molecular weight excluding hydrogens is 319 g/mol. The number of nitrogens with one attached hydrogen (secondary N) is 1. The third-order valence-electron chi connectivity index (χ3n) is 2.79. The van der Waals surface area contributed by atoms with Crippen LogP contribution >= 0.6 is 0 Å². The molecule has 0 aliphatic rings. The molecule has 1 aromatic carbocycles. The number of hydrogen-bond acceptors (Lipinski definition) is 4. The average Bonchev–Trinajstić information content (AvgIpc) is 2.83. The summed E-state index contributed by atoms with van der Waals surface area (Å²) in [4.78, 5) is 23.2. The zero-order chi connectivity index (χ0) is 17.1. The lowest BCUT2D eigenvalue weighted by molar-refractivity contribution is -0.0495. The van der Waals surface area contributed by atoms with Crippen LogP contribution in [-0.2, 0) is 7.05 Å². The van der Waals surface area contributed by atoms with E-state index in [4.69, 9.17) is 5.11 Å². The summed E-state index contributed by atoms with van der Waals surface area (Å²) in [5.74, 6) is -3.74. The topological polar surface area (TPSA) is 93.5 Å². The molecule has 1 heterocycles. The van der Waals surface area contributed by atoms with Crippen LogP contribution in [0.3, 0.4) is 0 Å². The summed E-state index contributed by atoms with van der Waals surface area (Å²) in [7, 11) is 1.34. The van der Waals surface area contributed by atoms with E-state index in [1.54, 1.807) is 0 Å². The van der Waals surface area contributed by atoms with E-state index in [1.165, 1.54) is 7.05 Å². The predicted molar refractivity (Wildman–Crippen MR) is 71.2 cm³/mol. The maximum atomic E-state index is 13.1. The SMILES string of the molecule is Cn1ncc(C(=O)O)c1C(=O)Nc1ccc(F)cc1OC(F)F. The van der Waals surface area contributed by atoms with E-state index in [0.717, 1.165) is 23.0 Å². The summed E-state index contributed by atoms with van der Waals surface area (Å²) in [5, 5.41) is 14.8. The van der Waals surface area contributed by atoms with Crippen LogP contribution in [0.4, 0.5) is 18.9 Å². The standard InChI is InChI=1S/C13H10F3N3O4/c1-19-10(7(5-17-19)12(21)22)11(20)18-8-3-2-6(14)4-9(8)23-13(15)16/h2-5,13H,1H3,(H,18,20)(H,21,22). The van der Waals surface area contributed by atoms with Crippen molar-refractivity contribution in [1.29, 1.82) is 0 Å². The smallest absolute Gasteiger partial charge is 0.387 e. The highest BCUT2D eigenvalue weighted by Gasteiger charge is 2.23. The van der Waals surface area contributed by atoms with Crippen LogP contribution < -0.4 is 10.1 Å². The number of carbonyl (C=O) groups excluding carboxylic acids is 1. The van der Waals surface area contributed by atoms with Gasteiger partial charge in [0.2, 0.25) is 0 Å². The molecule has 122 valence electrons. The number of benzene rings is 1. The normalized spacial score (nSPS) is 10.7. The van der Waals surface area contributed by atoms with Crippen molar-refractivity contribution in [2.45, 2.75) is 6.61 Å². The number of aryl methyl sites for hydroxylation is 1. The molecule has 0 atom stereocenters. The minimum Gasteiger partial charge on any atom is -0.478 e. The van der Waals surface area contributed by atoms with Crippen LogP contribution in [0.5, 0.6) is 5.75 Å². The fourth-order valence-corrected chi connectivity index (χ4v) is 1.84. The van der Waals surface area contributed by atoms with E-state index in [0.29, 0.717) is 6.07 Å². The number of amides is 1. The molecule has 0 saturated carbocycles. The Morgan fingerprint density at radius 1 is 1.39 bits per heavy atom. The molecule has 0 radical (unpaired) electrons. The maximum Gasteiger partial charge on any atom is 0.387 e. The van der Waals surface area contributed by atoms with Crippen LogP contribution in [0.1, 0.15) is 20.8 Å². The Balaban J connectivity index is 2.34. The number of aromatic nitrogens is 2. The fourth-order valence-electron chi connectivity index (χ4n) is 1.84. The third kappa shape index (κ3) is 3.59. The van der Waals surface area contributed by atoms with E-state index >= 15 is 0 Å². The molecule has 0 aliphatic carbocycles. The van der Waals surface area contributed by atoms with E-state index < -0.39 is 30.1 Å². The number of aromatic carboxylic acids is 1. The molecular formula is C13H10F3N3O4. The van der Waals surface area contributed by atoms with Gasteiger partial charge in [0, 0.05) is 13.1 Å². The van der Waals surface area contributed by atoms with Gasteiger partial charge in [-0.05, 0) is 12.1 Å². The quantitative estimate of drug-likeness (QED) is 0.876. The van der Waals surface area contributed by atoms with Gasteiger partial charge in [0.05, 0.1) is 11.9 Å². The highest BCUT2D eigenvalue weighted by atomic mass is 19.3. The number of rotatable bonds is 5. The molecule has 0 saturated heterocycles. The van der Waals surface area contributed by atoms with E-state index in [2.05, 4.69) is 15.2 Å². The van der Waals surface area contributed by atoms with Gasteiger partial charge in [0.1, 0.15) is 17.1 Å². The van der Waals surface area contributed by atoms with Gasteiger partial charge >= 0.3 is 12.6 Å². The Bertz CT molecular complexity index is 761. The monoisotopic (exact) mass is 329 g/mol. The summed E-state index contributed by atoms with van der Waals surface area (Å²) in [6, 6.07) is 2.61. The minimum absolute atomic E-state index is 0.241. The van der Waals surface area contributed by atoms with Gasteiger partial charge in [0.25, 0.3) is 5.91 Å². The number of carboxylic acids is 1. The molecule has 2 aromatic rings. The Morgan fingerprint density at radius 3 is 2.70 bits per heavy atom. The first-order valence-corrected chi connectivity index (χ1v) is 6.10. The third-order valence-corrected chi connectivity index (χ3v) is 2.79. The van der Waals surface area contributed by atoms with Crippen molar-refractivity contribution in [3.8, 4) is 5.75 Å². The van der Waals surface area contributed by atoms with E-state index in [9.17, 15) is 22.8 Å². The van der Waals surface area contributed by atoms with Crippen LogP contribution in [0.2, 0.25) is 0 Å². The van der Waals surface area contributed by atoms with Crippen LogP contribution in [0, 0.1) is 5.82 Å². The molecule has 1 amide bonds.